The van der Waals surface area contributed by atoms with Gasteiger partial charge in [0, 0.05) is 23.0 Å². The standard InChI is InChI=1S/C23H12Cl2FN3O3S/c24-13-5-1-3-11(7-13)20(30)18-19(12-4-2-6-27-10-12)29(22(32)21(18)31)23-28-16-8-14(25)15(26)9-17(16)33-23/h1-10,19,30H/b20-18+. The summed E-state index contributed by atoms with van der Waals surface area (Å²) in [5.41, 5.74) is 1.03. The van der Waals surface area contributed by atoms with Crippen molar-refractivity contribution in [2.75, 3.05) is 4.90 Å². The summed E-state index contributed by atoms with van der Waals surface area (Å²) in [4.78, 5) is 36.0. The fourth-order valence-corrected chi connectivity index (χ4v) is 5.04. The van der Waals surface area contributed by atoms with Crippen LogP contribution in [0.3, 0.4) is 0 Å². The van der Waals surface area contributed by atoms with Crippen LogP contribution in [0, 0.1) is 5.82 Å². The van der Waals surface area contributed by atoms with E-state index in [-0.39, 0.29) is 27.0 Å². The number of anilines is 1. The first-order valence-electron chi connectivity index (χ1n) is 9.57. The van der Waals surface area contributed by atoms with Crippen molar-refractivity contribution in [1.29, 1.82) is 0 Å². The van der Waals surface area contributed by atoms with E-state index in [1.807, 2.05) is 0 Å². The first-order valence-corrected chi connectivity index (χ1v) is 11.1. The third kappa shape index (κ3) is 3.66. The third-order valence-corrected chi connectivity index (χ3v) is 6.71. The lowest BCUT2D eigenvalue weighted by atomic mass is 9.96. The highest BCUT2D eigenvalue weighted by Gasteiger charge is 2.48. The van der Waals surface area contributed by atoms with Gasteiger partial charge in [0.25, 0.3) is 5.78 Å². The van der Waals surface area contributed by atoms with Gasteiger partial charge in [-0.3, -0.25) is 19.5 Å². The highest BCUT2D eigenvalue weighted by Crippen LogP contribution is 2.44. The highest BCUT2D eigenvalue weighted by atomic mass is 35.5. The number of fused-ring (bicyclic) bond motifs is 1. The molecule has 1 saturated heterocycles. The van der Waals surface area contributed by atoms with E-state index in [1.54, 1.807) is 36.5 Å². The topological polar surface area (TPSA) is 83.4 Å². The van der Waals surface area contributed by atoms with Gasteiger partial charge in [-0.1, -0.05) is 52.7 Å². The van der Waals surface area contributed by atoms with Crippen LogP contribution in [0.15, 0.2) is 66.5 Å². The van der Waals surface area contributed by atoms with Gasteiger partial charge in [-0.05, 0) is 35.9 Å². The molecule has 1 atom stereocenters. The van der Waals surface area contributed by atoms with E-state index in [9.17, 15) is 19.1 Å². The summed E-state index contributed by atoms with van der Waals surface area (Å²) < 4.78 is 14.4. The molecule has 0 saturated carbocycles. The van der Waals surface area contributed by atoms with E-state index in [0.717, 1.165) is 11.3 Å². The van der Waals surface area contributed by atoms with Crippen LogP contribution in [0.2, 0.25) is 10.0 Å². The molecule has 1 aliphatic rings. The van der Waals surface area contributed by atoms with Gasteiger partial charge in [0.15, 0.2) is 5.13 Å². The van der Waals surface area contributed by atoms with E-state index in [1.165, 1.54) is 29.3 Å². The minimum atomic E-state index is -1.00. The number of pyridine rings is 1. The number of nitrogens with zero attached hydrogens (tertiary/aromatic N) is 3. The number of rotatable bonds is 3. The number of aliphatic hydroxyl groups excluding tert-OH is 1. The molecule has 164 valence electrons. The van der Waals surface area contributed by atoms with Gasteiger partial charge in [-0.15, -0.1) is 0 Å². The molecule has 1 fully saturated rings. The molecule has 2 aromatic heterocycles. The Kier molecular flexibility index (Phi) is 5.36. The van der Waals surface area contributed by atoms with Gasteiger partial charge < -0.3 is 5.11 Å². The lowest BCUT2D eigenvalue weighted by molar-refractivity contribution is -0.132. The maximum atomic E-state index is 14.0. The molecule has 0 spiro atoms. The van der Waals surface area contributed by atoms with Crippen LogP contribution in [-0.2, 0) is 9.59 Å². The summed E-state index contributed by atoms with van der Waals surface area (Å²) >= 11 is 13.0. The fourth-order valence-electron chi connectivity index (χ4n) is 3.69. The number of halogens is 3. The minimum absolute atomic E-state index is 0.105. The Morgan fingerprint density at radius 2 is 1.94 bits per heavy atom. The molecule has 1 aliphatic heterocycles. The van der Waals surface area contributed by atoms with Crippen LogP contribution >= 0.6 is 34.5 Å². The van der Waals surface area contributed by atoms with Crippen molar-refractivity contribution in [3.05, 3.63) is 93.5 Å². The molecule has 0 bridgehead atoms. The molecular formula is C23H12Cl2FN3O3S. The average Bonchev–Trinajstić information content (AvgIpc) is 3.32. The lowest BCUT2D eigenvalue weighted by Crippen LogP contribution is -2.29. The van der Waals surface area contributed by atoms with Crippen molar-refractivity contribution < 1.29 is 19.1 Å². The Labute approximate surface area is 200 Å². The number of carbonyl (C=O) groups excluding carboxylic acids is 2. The average molecular weight is 500 g/mol. The number of Topliss-reactive ketones (excluding diaryl/α,β-unsaturated/α-hetero) is 1. The quantitative estimate of drug-likeness (QED) is 0.220. The second-order valence-corrected chi connectivity index (χ2v) is 9.05. The lowest BCUT2D eigenvalue weighted by Gasteiger charge is -2.22. The number of ketones is 1. The van der Waals surface area contributed by atoms with Crippen LogP contribution in [0.5, 0.6) is 0 Å². The van der Waals surface area contributed by atoms with Crippen molar-refractivity contribution >= 4 is 67.3 Å². The Hall–Kier alpha value is -3.33. The zero-order valence-electron chi connectivity index (χ0n) is 16.5. The molecule has 1 N–H and O–H groups in total. The normalized spacial score (nSPS) is 17.8. The fraction of sp³-hybridized carbons (Fsp3) is 0.0435. The third-order valence-electron chi connectivity index (χ3n) is 5.17. The molecule has 5 rings (SSSR count). The summed E-state index contributed by atoms with van der Waals surface area (Å²) in [6.07, 6.45) is 3.05. The van der Waals surface area contributed by atoms with Crippen molar-refractivity contribution in [3.63, 3.8) is 0 Å². The Morgan fingerprint density at radius 3 is 2.67 bits per heavy atom. The zero-order valence-corrected chi connectivity index (χ0v) is 18.8. The van der Waals surface area contributed by atoms with Crippen LogP contribution in [-0.4, -0.2) is 26.8 Å². The number of hydrogen-bond donors (Lipinski definition) is 1. The molecule has 2 aromatic carbocycles. The summed E-state index contributed by atoms with van der Waals surface area (Å²) in [7, 11) is 0. The largest absolute Gasteiger partial charge is 0.507 e. The number of thiazole rings is 1. The summed E-state index contributed by atoms with van der Waals surface area (Å²) in [5, 5.41) is 11.5. The van der Waals surface area contributed by atoms with E-state index >= 15 is 0 Å². The van der Waals surface area contributed by atoms with Crippen molar-refractivity contribution in [3.8, 4) is 0 Å². The Balaban J connectivity index is 1.73. The van der Waals surface area contributed by atoms with Gasteiger partial charge in [0.1, 0.15) is 11.6 Å². The van der Waals surface area contributed by atoms with E-state index in [4.69, 9.17) is 23.2 Å². The number of aliphatic hydroxyl groups is 1. The maximum absolute atomic E-state index is 14.0. The van der Waals surface area contributed by atoms with Gasteiger partial charge in [-0.25, -0.2) is 9.37 Å². The molecule has 6 nitrogen and oxygen atoms in total. The Morgan fingerprint density at radius 1 is 1.12 bits per heavy atom. The van der Waals surface area contributed by atoms with Crippen LogP contribution in [0.25, 0.3) is 16.0 Å². The number of aromatic nitrogens is 2. The molecule has 33 heavy (non-hydrogen) atoms. The van der Waals surface area contributed by atoms with Crippen LogP contribution in [0.4, 0.5) is 9.52 Å². The number of carbonyl (C=O) groups is 2. The highest BCUT2D eigenvalue weighted by molar-refractivity contribution is 7.22. The zero-order chi connectivity index (χ0) is 23.3. The van der Waals surface area contributed by atoms with E-state index in [0.29, 0.717) is 20.8 Å². The summed E-state index contributed by atoms with van der Waals surface area (Å²) in [5.74, 6) is -2.75. The first kappa shape index (κ1) is 21.5. The molecule has 0 aliphatic carbocycles. The predicted molar refractivity (Wildman–Crippen MR) is 125 cm³/mol. The predicted octanol–water partition coefficient (Wildman–Crippen LogP) is 5.76. The molecule has 1 unspecified atom stereocenters. The van der Waals surface area contributed by atoms with E-state index < -0.39 is 23.5 Å². The van der Waals surface area contributed by atoms with Crippen molar-refractivity contribution in [1.82, 2.24) is 9.97 Å². The molecular weight excluding hydrogens is 488 g/mol. The van der Waals surface area contributed by atoms with Crippen LogP contribution in [0.1, 0.15) is 17.2 Å². The monoisotopic (exact) mass is 499 g/mol. The molecule has 4 aromatic rings. The van der Waals surface area contributed by atoms with E-state index in [2.05, 4.69) is 9.97 Å². The van der Waals surface area contributed by atoms with Gasteiger partial charge in [-0.2, -0.15) is 0 Å². The van der Waals surface area contributed by atoms with Crippen molar-refractivity contribution in [2.45, 2.75) is 6.04 Å². The van der Waals surface area contributed by atoms with Crippen molar-refractivity contribution in [2.24, 2.45) is 0 Å². The smallest absolute Gasteiger partial charge is 0.301 e. The number of hydrogen-bond acceptors (Lipinski definition) is 6. The second kappa shape index (κ2) is 8.22. The van der Waals surface area contributed by atoms with Gasteiger partial charge in [0.05, 0.1) is 26.9 Å². The molecule has 3 heterocycles. The molecule has 10 heteroatoms. The van der Waals surface area contributed by atoms with Gasteiger partial charge in [0.2, 0.25) is 0 Å². The minimum Gasteiger partial charge on any atom is -0.507 e. The molecule has 0 radical (unpaired) electrons. The summed E-state index contributed by atoms with van der Waals surface area (Å²) in [6.45, 7) is 0. The number of amides is 1. The summed E-state index contributed by atoms with van der Waals surface area (Å²) in [6, 6.07) is 11.2. The molecule has 1 amide bonds. The second-order valence-electron chi connectivity index (χ2n) is 7.20. The first-order chi connectivity index (χ1) is 15.8. The van der Waals surface area contributed by atoms with Crippen LogP contribution < -0.4 is 4.90 Å². The number of benzene rings is 2. The maximum Gasteiger partial charge on any atom is 0.301 e. The van der Waals surface area contributed by atoms with Gasteiger partial charge >= 0.3 is 5.91 Å². The SMILES string of the molecule is O=C1C(=O)N(c2nc3cc(Cl)c(F)cc3s2)C(c2cccnc2)/C1=C(\O)c1cccc(Cl)c1. The Bertz CT molecular complexity index is 1430.